The number of nitrogens with one attached hydrogen (secondary N) is 2. The van der Waals surface area contributed by atoms with Gasteiger partial charge in [-0.3, -0.25) is 4.79 Å². The van der Waals surface area contributed by atoms with E-state index >= 15 is 0 Å². The lowest BCUT2D eigenvalue weighted by Crippen LogP contribution is -2.31. The molecule has 0 bridgehead atoms. The monoisotopic (exact) mass is 294 g/mol. The number of fused-ring (bicyclic) bond motifs is 1. The first-order valence-electron chi connectivity index (χ1n) is 6.41. The Balaban J connectivity index is 1.87. The zero-order valence-electron chi connectivity index (χ0n) is 11.6. The minimum Gasteiger partial charge on any atom is -0.385 e. The van der Waals surface area contributed by atoms with Gasteiger partial charge in [-0.25, -0.2) is 9.97 Å². The van der Waals surface area contributed by atoms with Gasteiger partial charge in [0.15, 0.2) is 0 Å². The Morgan fingerprint density at radius 1 is 1.45 bits per heavy atom. The second-order valence-electron chi connectivity index (χ2n) is 4.35. The number of thiophene rings is 1. The molecule has 0 fully saturated rings. The van der Waals surface area contributed by atoms with E-state index in [0.717, 1.165) is 16.6 Å². The number of rotatable bonds is 7. The van der Waals surface area contributed by atoms with Gasteiger partial charge in [-0.05, 0) is 19.4 Å². The van der Waals surface area contributed by atoms with E-state index < -0.39 is 0 Å². The van der Waals surface area contributed by atoms with Gasteiger partial charge in [-0.1, -0.05) is 0 Å². The highest BCUT2D eigenvalue weighted by atomic mass is 32.1. The van der Waals surface area contributed by atoms with E-state index in [-0.39, 0.29) is 12.5 Å². The molecule has 0 unspecified atom stereocenters. The number of nitrogens with zero attached hydrogens (tertiary/aromatic N) is 2. The van der Waals surface area contributed by atoms with Crippen LogP contribution in [0.1, 0.15) is 11.3 Å². The number of anilines is 1. The minimum atomic E-state index is -0.0557. The van der Waals surface area contributed by atoms with Crippen LogP contribution in [0.15, 0.2) is 12.4 Å². The summed E-state index contributed by atoms with van der Waals surface area (Å²) < 4.78 is 4.92. The van der Waals surface area contributed by atoms with E-state index in [2.05, 4.69) is 20.6 Å². The van der Waals surface area contributed by atoms with Crippen molar-refractivity contribution in [2.45, 2.75) is 13.3 Å². The fourth-order valence-corrected chi connectivity index (χ4v) is 2.63. The van der Waals surface area contributed by atoms with Crippen LogP contribution in [0, 0.1) is 6.92 Å². The van der Waals surface area contributed by atoms with Crippen molar-refractivity contribution >= 4 is 33.3 Å². The molecule has 20 heavy (non-hydrogen) atoms. The summed E-state index contributed by atoms with van der Waals surface area (Å²) in [6.07, 6.45) is 2.32. The maximum absolute atomic E-state index is 11.7. The summed E-state index contributed by atoms with van der Waals surface area (Å²) in [7, 11) is 1.65. The molecule has 1 amide bonds. The van der Waals surface area contributed by atoms with Gasteiger partial charge in [-0.15, -0.1) is 11.3 Å². The van der Waals surface area contributed by atoms with Crippen molar-refractivity contribution in [3.8, 4) is 0 Å². The van der Waals surface area contributed by atoms with Gasteiger partial charge in [0, 0.05) is 25.1 Å². The maximum Gasteiger partial charge on any atom is 0.239 e. The van der Waals surface area contributed by atoms with Crippen LogP contribution in [0.5, 0.6) is 0 Å². The highest BCUT2D eigenvalue weighted by Gasteiger charge is 2.08. The van der Waals surface area contributed by atoms with Crippen LogP contribution in [-0.2, 0) is 9.53 Å². The van der Waals surface area contributed by atoms with E-state index in [1.165, 1.54) is 11.2 Å². The number of hydrogen-bond donors (Lipinski definition) is 2. The normalized spacial score (nSPS) is 10.7. The summed E-state index contributed by atoms with van der Waals surface area (Å²) in [6, 6.07) is 2.03. The summed E-state index contributed by atoms with van der Waals surface area (Å²) in [5.41, 5.74) is 0. The molecule has 0 saturated heterocycles. The third-order valence-corrected chi connectivity index (χ3v) is 3.67. The first-order chi connectivity index (χ1) is 9.70. The maximum atomic E-state index is 11.7. The molecule has 2 rings (SSSR count). The van der Waals surface area contributed by atoms with Crippen LogP contribution in [-0.4, -0.2) is 42.7 Å². The van der Waals surface area contributed by atoms with Crippen LogP contribution >= 0.6 is 11.3 Å². The lowest BCUT2D eigenvalue weighted by atomic mass is 10.3. The Labute approximate surface area is 121 Å². The van der Waals surface area contributed by atoms with Crippen molar-refractivity contribution in [2.75, 3.05) is 32.1 Å². The van der Waals surface area contributed by atoms with Crippen LogP contribution in [0.2, 0.25) is 0 Å². The molecule has 108 valence electrons. The molecule has 6 nitrogen and oxygen atoms in total. The molecule has 0 radical (unpaired) electrons. The second-order valence-corrected chi connectivity index (χ2v) is 5.58. The number of hydrogen-bond acceptors (Lipinski definition) is 6. The quantitative estimate of drug-likeness (QED) is 0.758. The van der Waals surface area contributed by atoms with Gasteiger partial charge in [0.05, 0.1) is 11.9 Å². The molecule has 2 aromatic heterocycles. The molecule has 0 aliphatic rings. The second kappa shape index (κ2) is 7.16. The predicted octanol–water partition coefficient (Wildman–Crippen LogP) is 1.56. The standard InChI is InChI=1S/C13H18N4O2S/c1-9-6-10-12(16-8-17-13(10)20-9)15-7-11(18)14-4-3-5-19-2/h6,8H,3-5,7H2,1-2H3,(H,14,18)(H,15,16,17). The van der Waals surface area contributed by atoms with Crippen LogP contribution in [0.3, 0.4) is 0 Å². The molecule has 0 aliphatic carbocycles. The average Bonchev–Trinajstić information content (AvgIpc) is 2.82. The molecule has 2 heterocycles. The Kier molecular flexibility index (Phi) is 5.25. The number of aryl methyl sites for hydroxylation is 1. The van der Waals surface area contributed by atoms with Gasteiger partial charge in [0.1, 0.15) is 17.0 Å². The van der Waals surface area contributed by atoms with Crippen molar-refractivity contribution in [1.29, 1.82) is 0 Å². The van der Waals surface area contributed by atoms with Gasteiger partial charge < -0.3 is 15.4 Å². The number of ether oxygens (including phenoxy) is 1. The van der Waals surface area contributed by atoms with Crippen LogP contribution < -0.4 is 10.6 Å². The molecule has 0 aliphatic heterocycles. The van der Waals surface area contributed by atoms with Crippen LogP contribution in [0.4, 0.5) is 5.82 Å². The van der Waals surface area contributed by atoms with Crippen LogP contribution in [0.25, 0.3) is 10.2 Å². The van der Waals surface area contributed by atoms with Crippen molar-refractivity contribution in [3.63, 3.8) is 0 Å². The number of carbonyl (C=O) groups is 1. The number of methoxy groups -OCH3 is 1. The third-order valence-electron chi connectivity index (χ3n) is 2.72. The Morgan fingerprint density at radius 3 is 3.10 bits per heavy atom. The van der Waals surface area contributed by atoms with Gasteiger partial charge in [0.2, 0.25) is 5.91 Å². The highest BCUT2D eigenvalue weighted by molar-refractivity contribution is 7.18. The summed E-state index contributed by atoms with van der Waals surface area (Å²) in [4.78, 5) is 22.2. The lowest BCUT2D eigenvalue weighted by Gasteiger charge is -2.07. The van der Waals surface area contributed by atoms with E-state index in [0.29, 0.717) is 19.0 Å². The largest absolute Gasteiger partial charge is 0.385 e. The molecule has 2 N–H and O–H groups in total. The molecular weight excluding hydrogens is 276 g/mol. The first kappa shape index (κ1) is 14.7. The predicted molar refractivity (Wildman–Crippen MR) is 80.1 cm³/mol. The molecule has 0 spiro atoms. The Morgan fingerprint density at radius 2 is 2.30 bits per heavy atom. The van der Waals surface area contributed by atoms with Crippen molar-refractivity contribution in [2.24, 2.45) is 0 Å². The molecule has 0 atom stereocenters. The number of amides is 1. The Hall–Kier alpha value is -1.73. The first-order valence-corrected chi connectivity index (χ1v) is 7.23. The summed E-state index contributed by atoms with van der Waals surface area (Å²) in [5, 5.41) is 6.83. The van der Waals surface area contributed by atoms with Gasteiger partial charge in [-0.2, -0.15) is 0 Å². The fraction of sp³-hybridized carbons (Fsp3) is 0.462. The third kappa shape index (κ3) is 3.88. The molecule has 7 heteroatoms. The van der Waals surface area contributed by atoms with Gasteiger partial charge in [0.25, 0.3) is 0 Å². The smallest absolute Gasteiger partial charge is 0.239 e. The van der Waals surface area contributed by atoms with Crippen molar-refractivity contribution in [3.05, 3.63) is 17.3 Å². The summed E-state index contributed by atoms with van der Waals surface area (Å²) >= 11 is 1.61. The molecule has 2 aromatic rings. The van der Waals surface area contributed by atoms with E-state index in [9.17, 15) is 4.79 Å². The topological polar surface area (TPSA) is 76.1 Å². The van der Waals surface area contributed by atoms with Gasteiger partial charge >= 0.3 is 0 Å². The Bertz CT molecular complexity index is 585. The van der Waals surface area contributed by atoms with E-state index in [4.69, 9.17) is 4.74 Å². The SMILES string of the molecule is COCCCNC(=O)CNc1ncnc2sc(C)cc12. The van der Waals surface area contributed by atoms with E-state index in [1.54, 1.807) is 18.4 Å². The highest BCUT2D eigenvalue weighted by Crippen LogP contribution is 2.27. The zero-order valence-corrected chi connectivity index (χ0v) is 12.4. The average molecular weight is 294 g/mol. The van der Waals surface area contributed by atoms with Crippen molar-refractivity contribution < 1.29 is 9.53 Å². The summed E-state index contributed by atoms with van der Waals surface area (Å²) in [6.45, 7) is 3.49. The lowest BCUT2D eigenvalue weighted by molar-refractivity contribution is -0.119. The zero-order chi connectivity index (χ0) is 14.4. The molecule has 0 saturated carbocycles. The molecular formula is C13H18N4O2S. The number of carbonyl (C=O) groups excluding carboxylic acids is 1. The fourth-order valence-electron chi connectivity index (χ4n) is 1.79. The number of aromatic nitrogens is 2. The van der Waals surface area contributed by atoms with Crippen molar-refractivity contribution in [1.82, 2.24) is 15.3 Å². The summed E-state index contributed by atoms with van der Waals surface area (Å²) in [5.74, 6) is 0.645. The minimum absolute atomic E-state index is 0.0557. The molecule has 0 aromatic carbocycles. The van der Waals surface area contributed by atoms with E-state index in [1.807, 2.05) is 13.0 Å².